The van der Waals surface area contributed by atoms with Gasteiger partial charge in [-0.25, -0.2) is 0 Å². The first kappa shape index (κ1) is 14.8. The van der Waals surface area contributed by atoms with Crippen LogP contribution >= 0.6 is 11.8 Å². The lowest BCUT2D eigenvalue weighted by Gasteiger charge is -2.40. The van der Waals surface area contributed by atoms with E-state index in [4.69, 9.17) is 5.73 Å². The molecule has 0 saturated heterocycles. The molecule has 1 rings (SSSR count). The molecular weight excluding hydrogens is 232 g/mol. The van der Waals surface area contributed by atoms with E-state index >= 15 is 0 Å². The van der Waals surface area contributed by atoms with Gasteiger partial charge in [-0.3, -0.25) is 4.79 Å². The summed E-state index contributed by atoms with van der Waals surface area (Å²) in [5.41, 5.74) is 6.51. The number of nitrogens with two attached hydrogens (primary N) is 1. The van der Waals surface area contributed by atoms with E-state index in [0.717, 1.165) is 18.8 Å². The topological polar surface area (TPSA) is 55.1 Å². The fourth-order valence-corrected chi connectivity index (χ4v) is 3.65. The Morgan fingerprint density at radius 3 is 2.59 bits per heavy atom. The van der Waals surface area contributed by atoms with Gasteiger partial charge in [0.25, 0.3) is 0 Å². The van der Waals surface area contributed by atoms with Crippen LogP contribution in [0.3, 0.4) is 0 Å². The Bertz CT molecular complexity index is 263. The first-order valence-corrected chi connectivity index (χ1v) is 7.47. The second-order valence-corrected chi connectivity index (χ2v) is 7.29. The molecule has 4 heteroatoms. The van der Waals surface area contributed by atoms with E-state index in [1.54, 1.807) is 18.8 Å². The zero-order chi connectivity index (χ0) is 13.1. The maximum Gasteiger partial charge on any atom is 0.229 e. The van der Waals surface area contributed by atoms with Crippen LogP contribution in [0.5, 0.6) is 0 Å². The molecule has 1 fully saturated rings. The molecule has 0 aromatic carbocycles. The normalized spacial score (nSPS) is 30.1. The summed E-state index contributed by atoms with van der Waals surface area (Å²) >= 11 is 1.72. The number of carbonyl (C=O) groups excluding carboxylic acids is 1. The third kappa shape index (κ3) is 4.51. The molecule has 1 amide bonds. The summed E-state index contributed by atoms with van der Waals surface area (Å²) in [5.74, 6) is 1.36. The Morgan fingerprint density at radius 1 is 1.41 bits per heavy atom. The highest BCUT2D eigenvalue weighted by molar-refractivity contribution is 8.00. The summed E-state index contributed by atoms with van der Waals surface area (Å²) in [6, 6.07) is 0.253. The van der Waals surface area contributed by atoms with Gasteiger partial charge in [0.05, 0.1) is 5.75 Å². The van der Waals surface area contributed by atoms with Crippen molar-refractivity contribution in [1.82, 2.24) is 5.32 Å². The van der Waals surface area contributed by atoms with Gasteiger partial charge in [-0.05, 0) is 30.6 Å². The second-order valence-electron chi connectivity index (χ2n) is 6.06. The highest BCUT2D eigenvalue weighted by Gasteiger charge is 2.34. The van der Waals surface area contributed by atoms with E-state index in [1.807, 2.05) is 0 Å². The molecule has 0 heterocycles. The van der Waals surface area contributed by atoms with Gasteiger partial charge in [0.2, 0.25) is 5.91 Å². The fourth-order valence-electron chi connectivity index (χ4n) is 2.39. The number of nitrogens with one attached hydrogen (secondary N) is 1. The molecule has 0 aromatic heterocycles. The Morgan fingerprint density at radius 2 is 2.06 bits per heavy atom. The highest BCUT2D eigenvalue weighted by Crippen LogP contribution is 2.40. The van der Waals surface area contributed by atoms with Crippen molar-refractivity contribution >= 4 is 17.7 Å². The van der Waals surface area contributed by atoms with Gasteiger partial charge in [0.1, 0.15) is 0 Å². The Balaban J connectivity index is 2.49. The van der Waals surface area contributed by atoms with Crippen molar-refractivity contribution < 1.29 is 4.79 Å². The lowest BCUT2D eigenvalue weighted by molar-refractivity contribution is -0.118. The molecule has 3 N–H and O–H groups in total. The van der Waals surface area contributed by atoms with Crippen LogP contribution in [0.25, 0.3) is 0 Å². The minimum atomic E-state index is 0.0973. The van der Waals surface area contributed by atoms with Crippen LogP contribution in [0.15, 0.2) is 0 Å². The number of hydrogen-bond donors (Lipinski definition) is 2. The van der Waals surface area contributed by atoms with Gasteiger partial charge in [0.15, 0.2) is 0 Å². The molecule has 17 heavy (non-hydrogen) atoms. The minimum Gasteiger partial charge on any atom is -0.358 e. The maximum atomic E-state index is 11.3. The van der Waals surface area contributed by atoms with Gasteiger partial charge in [0, 0.05) is 18.3 Å². The standard InChI is InChI=1S/C13H26N2OS/c1-13(2,3)9-5-6-10(14)11(7-9)17-8-12(16)15-4/h9-11H,5-8,14H2,1-4H3,(H,15,16). The molecule has 0 aliphatic heterocycles. The molecule has 0 aromatic rings. The number of rotatable bonds is 3. The molecule has 100 valence electrons. The summed E-state index contributed by atoms with van der Waals surface area (Å²) in [6.45, 7) is 6.90. The molecule has 0 radical (unpaired) electrons. The molecule has 1 saturated carbocycles. The summed E-state index contributed by atoms with van der Waals surface area (Å²) in [5, 5.41) is 3.10. The molecule has 0 spiro atoms. The number of hydrogen-bond acceptors (Lipinski definition) is 3. The maximum absolute atomic E-state index is 11.3. The van der Waals surface area contributed by atoms with Gasteiger partial charge in [-0.1, -0.05) is 20.8 Å². The Kier molecular flexibility index (Phi) is 5.32. The third-order valence-corrected chi connectivity index (χ3v) is 5.17. The number of carbonyl (C=O) groups is 1. The van der Waals surface area contributed by atoms with Crippen LogP contribution in [0.2, 0.25) is 0 Å². The van der Waals surface area contributed by atoms with Crippen molar-refractivity contribution in [1.29, 1.82) is 0 Å². The largest absolute Gasteiger partial charge is 0.358 e. The van der Waals surface area contributed by atoms with Crippen LogP contribution in [-0.2, 0) is 4.79 Å². The predicted molar refractivity (Wildman–Crippen MR) is 75.1 cm³/mol. The van der Waals surface area contributed by atoms with Gasteiger partial charge < -0.3 is 11.1 Å². The molecule has 1 aliphatic rings. The van der Waals surface area contributed by atoms with Crippen molar-refractivity contribution in [3.8, 4) is 0 Å². The van der Waals surface area contributed by atoms with Crippen LogP contribution < -0.4 is 11.1 Å². The quantitative estimate of drug-likeness (QED) is 0.814. The van der Waals surface area contributed by atoms with E-state index in [-0.39, 0.29) is 11.9 Å². The van der Waals surface area contributed by atoms with E-state index < -0.39 is 0 Å². The van der Waals surface area contributed by atoms with Crippen molar-refractivity contribution in [2.75, 3.05) is 12.8 Å². The van der Waals surface area contributed by atoms with Gasteiger partial charge in [-0.15, -0.1) is 11.8 Å². The lowest BCUT2D eigenvalue weighted by Crippen LogP contribution is -2.42. The van der Waals surface area contributed by atoms with Crippen molar-refractivity contribution in [3.63, 3.8) is 0 Å². The summed E-state index contributed by atoms with van der Waals surface area (Å²) < 4.78 is 0. The zero-order valence-corrected chi connectivity index (χ0v) is 12.3. The molecular formula is C13H26N2OS. The van der Waals surface area contributed by atoms with Crippen molar-refractivity contribution in [2.24, 2.45) is 17.1 Å². The molecule has 3 nitrogen and oxygen atoms in total. The lowest BCUT2D eigenvalue weighted by atomic mass is 9.71. The van der Waals surface area contributed by atoms with Gasteiger partial charge in [-0.2, -0.15) is 0 Å². The average Bonchev–Trinajstić information content (AvgIpc) is 2.26. The van der Waals surface area contributed by atoms with E-state index in [0.29, 0.717) is 16.4 Å². The SMILES string of the molecule is CNC(=O)CSC1CC(C(C)(C)C)CCC1N. The van der Waals surface area contributed by atoms with Gasteiger partial charge >= 0.3 is 0 Å². The molecule has 0 bridgehead atoms. The van der Waals surface area contributed by atoms with E-state index in [2.05, 4.69) is 26.1 Å². The fraction of sp³-hybridized carbons (Fsp3) is 0.923. The smallest absolute Gasteiger partial charge is 0.229 e. The van der Waals surface area contributed by atoms with E-state index in [9.17, 15) is 4.79 Å². The summed E-state index contributed by atoms with van der Waals surface area (Å²) in [6.07, 6.45) is 3.46. The van der Waals surface area contributed by atoms with Crippen LogP contribution in [0, 0.1) is 11.3 Å². The number of thioether (sulfide) groups is 1. The number of amides is 1. The van der Waals surface area contributed by atoms with Crippen molar-refractivity contribution in [2.45, 2.75) is 51.3 Å². The first-order chi connectivity index (χ1) is 7.84. The second kappa shape index (κ2) is 6.10. The van der Waals surface area contributed by atoms with Crippen LogP contribution in [0.4, 0.5) is 0 Å². The summed E-state index contributed by atoms with van der Waals surface area (Å²) in [7, 11) is 1.68. The average molecular weight is 258 g/mol. The monoisotopic (exact) mass is 258 g/mol. The Labute approximate surface area is 109 Å². The third-order valence-electron chi connectivity index (χ3n) is 3.77. The van der Waals surface area contributed by atoms with Crippen LogP contribution in [-0.4, -0.2) is 30.0 Å². The summed E-state index contributed by atoms with van der Waals surface area (Å²) in [4.78, 5) is 11.3. The predicted octanol–water partition coefficient (Wildman–Crippen LogP) is 2.01. The van der Waals surface area contributed by atoms with Crippen molar-refractivity contribution in [3.05, 3.63) is 0 Å². The Hall–Kier alpha value is -0.220. The first-order valence-electron chi connectivity index (χ1n) is 6.42. The zero-order valence-electron chi connectivity index (χ0n) is 11.5. The van der Waals surface area contributed by atoms with E-state index in [1.165, 1.54) is 6.42 Å². The minimum absolute atomic E-state index is 0.0973. The molecule has 1 aliphatic carbocycles. The van der Waals surface area contributed by atoms with Crippen LogP contribution in [0.1, 0.15) is 40.0 Å². The molecule has 3 unspecified atom stereocenters. The highest BCUT2D eigenvalue weighted by atomic mass is 32.2. The molecule has 3 atom stereocenters.